The topological polar surface area (TPSA) is 46.9 Å². The van der Waals surface area contributed by atoms with Gasteiger partial charge in [-0.05, 0) is 44.2 Å². The number of hydrogen-bond donors (Lipinski definition) is 1. The molecule has 3 rings (SSSR count). The summed E-state index contributed by atoms with van der Waals surface area (Å²) in [5.74, 6) is -0.180. The molecule has 0 aliphatic carbocycles. The van der Waals surface area contributed by atoms with Gasteiger partial charge in [0.15, 0.2) is 0 Å². The van der Waals surface area contributed by atoms with Gasteiger partial charge >= 0.3 is 6.18 Å². The first kappa shape index (κ1) is 17.7. The summed E-state index contributed by atoms with van der Waals surface area (Å²) in [6.45, 7) is 3.51. The van der Waals surface area contributed by atoms with Crippen LogP contribution in [0.25, 0.3) is 5.69 Å². The molecule has 0 bridgehead atoms. The molecule has 134 valence electrons. The smallest absolute Gasteiger partial charge is 0.322 e. The molecule has 0 aliphatic heterocycles. The van der Waals surface area contributed by atoms with Gasteiger partial charge in [-0.3, -0.25) is 4.79 Å². The fourth-order valence-corrected chi connectivity index (χ4v) is 2.59. The number of amides is 1. The van der Waals surface area contributed by atoms with Crippen LogP contribution in [0.1, 0.15) is 27.3 Å². The van der Waals surface area contributed by atoms with Crippen LogP contribution in [-0.2, 0) is 6.18 Å². The molecule has 3 aromatic rings. The third-order valence-electron chi connectivity index (χ3n) is 3.96. The number of imidazole rings is 1. The lowest BCUT2D eigenvalue weighted by molar-refractivity contribution is -0.137. The molecule has 1 amide bonds. The van der Waals surface area contributed by atoms with Gasteiger partial charge in [0.2, 0.25) is 0 Å². The van der Waals surface area contributed by atoms with Gasteiger partial charge in [-0.2, -0.15) is 13.2 Å². The molecule has 0 saturated heterocycles. The first-order valence-corrected chi connectivity index (χ1v) is 7.85. The van der Waals surface area contributed by atoms with Crippen molar-refractivity contribution in [3.05, 3.63) is 77.4 Å². The Labute approximate surface area is 148 Å². The van der Waals surface area contributed by atoms with Crippen LogP contribution in [0.3, 0.4) is 0 Å². The zero-order chi connectivity index (χ0) is 18.9. The van der Waals surface area contributed by atoms with Crippen molar-refractivity contribution in [2.75, 3.05) is 5.32 Å². The third kappa shape index (κ3) is 3.61. The molecule has 1 N–H and O–H groups in total. The predicted octanol–water partition coefficient (Wildman–Crippen LogP) is 4.76. The van der Waals surface area contributed by atoms with Gasteiger partial charge in [-0.25, -0.2) is 4.98 Å². The number of rotatable bonds is 3. The number of nitrogens with zero attached hydrogens (tertiary/aromatic N) is 2. The maximum absolute atomic E-state index is 13.5. The van der Waals surface area contributed by atoms with Crippen molar-refractivity contribution in [1.29, 1.82) is 0 Å². The van der Waals surface area contributed by atoms with Crippen LogP contribution >= 0.6 is 0 Å². The summed E-state index contributed by atoms with van der Waals surface area (Å²) < 4.78 is 41.9. The minimum Gasteiger partial charge on any atom is -0.322 e. The Hall–Kier alpha value is -3.09. The van der Waals surface area contributed by atoms with E-state index < -0.39 is 17.6 Å². The Morgan fingerprint density at radius 3 is 2.35 bits per heavy atom. The Morgan fingerprint density at radius 2 is 1.77 bits per heavy atom. The molecule has 0 fully saturated rings. The maximum atomic E-state index is 13.5. The number of carbonyl (C=O) groups is 1. The first-order valence-electron chi connectivity index (χ1n) is 7.85. The Balaban J connectivity index is 1.97. The number of hydrogen-bond acceptors (Lipinski definition) is 2. The molecule has 7 heteroatoms. The highest BCUT2D eigenvalue weighted by molar-refractivity contribution is 6.04. The van der Waals surface area contributed by atoms with Crippen molar-refractivity contribution < 1.29 is 18.0 Å². The summed E-state index contributed by atoms with van der Waals surface area (Å²) in [4.78, 5) is 16.3. The Morgan fingerprint density at radius 1 is 1.08 bits per heavy atom. The summed E-state index contributed by atoms with van der Waals surface area (Å²) in [6.07, 6.45) is -1.73. The minimum atomic E-state index is -4.60. The summed E-state index contributed by atoms with van der Waals surface area (Å²) in [5, 5.41) is 2.60. The molecule has 0 aliphatic rings. The zero-order valence-corrected chi connectivity index (χ0v) is 14.1. The lowest BCUT2D eigenvalue weighted by Crippen LogP contribution is -2.16. The number of aromatic nitrogens is 2. The number of anilines is 1. The van der Waals surface area contributed by atoms with Crippen LogP contribution in [0, 0.1) is 13.8 Å². The van der Waals surface area contributed by atoms with E-state index in [1.807, 2.05) is 19.1 Å². The van der Waals surface area contributed by atoms with Crippen molar-refractivity contribution in [1.82, 2.24) is 9.55 Å². The fourth-order valence-electron chi connectivity index (χ4n) is 2.59. The van der Waals surface area contributed by atoms with E-state index in [1.165, 1.54) is 29.1 Å². The minimum absolute atomic E-state index is 0.0700. The lowest BCUT2D eigenvalue weighted by atomic mass is 10.1. The monoisotopic (exact) mass is 359 g/mol. The molecular weight excluding hydrogens is 343 g/mol. The van der Waals surface area contributed by atoms with E-state index in [4.69, 9.17) is 0 Å². The standard InChI is InChI=1S/C19H16F3N3O/c1-12-3-6-15(7-4-12)24-18(26)14-5-8-17(16(11-14)19(20,21)22)25-10-9-23-13(25)2/h3-11H,1-2H3,(H,24,26). The second kappa shape index (κ2) is 6.67. The quantitative estimate of drug-likeness (QED) is 0.733. The Kier molecular flexibility index (Phi) is 4.54. The van der Waals surface area contributed by atoms with E-state index in [0.29, 0.717) is 11.5 Å². The number of aryl methyl sites for hydroxylation is 2. The second-order valence-electron chi connectivity index (χ2n) is 5.89. The van der Waals surface area contributed by atoms with Gasteiger partial charge in [0, 0.05) is 23.6 Å². The highest BCUT2D eigenvalue weighted by atomic mass is 19.4. The van der Waals surface area contributed by atoms with Crippen LogP contribution in [0.15, 0.2) is 54.9 Å². The van der Waals surface area contributed by atoms with Crippen LogP contribution in [0.2, 0.25) is 0 Å². The summed E-state index contributed by atoms with van der Waals surface area (Å²) in [5.41, 5.74) is 0.500. The maximum Gasteiger partial charge on any atom is 0.418 e. The molecule has 4 nitrogen and oxygen atoms in total. The van der Waals surface area contributed by atoms with Crippen LogP contribution < -0.4 is 5.32 Å². The normalized spacial score (nSPS) is 11.4. The van der Waals surface area contributed by atoms with E-state index >= 15 is 0 Å². The van der Waals surface area contributed by atoms with Crippen molar-refractivity contribution in [2.45, 2.75) is 20.0 Å². The van der Waals surface area contributed by atoms with E-state index in [-0.39, 0.29) is 11.3 Å². The van der Waals surface area contributed by atoms with E-state index in [0.717, 1.165) is 11.6 Å². The molecule has 0 unspecified atom stereocenters. The van der Waals surface area contributed by atoms with Crippen molar-refractivity contribution in [3.8, 4) is 5.69 Å². The van der Waals surface area contributed by atoms with E-state index in [9.17, 15) is 18.0 Å². The average molecular weight is 359 g/mol. The van der Waals surface area contributed by atoms with E-state index in [1.54, 1.807) is 19.1 Å². The van der Waals surface area contributed by atoms with Crippen LogP contribution in [0.4, 0.5) is 18.9 Å². The number of nitrogens with one attached hydrogen (secondary N) is 1. The highest BCUT2D eigenvalue weighted by Gasteiger charge is 2.35. The molecule has 0 saturated carbocycles. The van der Waals surface area contributed by atoms with Crippen molar-refractivity contribution >= 4 is 11.6 Å². The molecule has 1 heterocycles. The SMILES string of the molecule is Cc1ccc(NC(=O)c2ccc(-n3ccnc3C)c(C(F)(F)F)c2)cc1. The third-order valence-corrected chi connectivity index (χ3v) is 3.96. The zero-order valence-electron chi connectivity index (χ0n) is 14.1. The molecule has 0 spiro atoms. The second-order valence-corrected chi connectivity index (χ2v) is 5.89. The van der Waals surface area contributed by atoms with Gasteiger partial charge in [0.05, 0.1) is 11.3 Å². The van der Waals surface area contributed by atoms with Gasteiger partial charge in [0.1, 0.15) is 5.82 Å². The molecule has 0 radical (unpaired) electrons. The number of halogens is 3. The largest absolute Gasteiger partial charge is 0.418 e. The number of alkyl halides is 3. The molecule has 0 atom stereocenters. The van der Waals surface area contributed by atoms with Crippen LogP contribution in [0.5, 0.6) is 0 Å². The summed E-state index contributed by atoms with van der Waals surface area (Å²) in [6, 6.07) is 10.5. The summed E-state index contributed by atoms with van der Waals surface area (Å²) >= 11 is 0. The molecule has 1 aromatic heterocycles. The van der Waals surface area contributed by atoms with Gasteiger partial charge in [-0.15, -0.1) is 0 Å². The van der Waals surface area contributed by atoms with E-state index in [2.05, 4.69) is 10.3 Å². The highest BCUT2D eigenvalue weighted by Crippen LogP contribution is 2.35. The van der Waals surface area contributed by atoms with Gasteiger partial charge in [0.25, 0.3) is 5.91 Å². The van der Waals surface area contributed by atoms with Crippen molar-refractivity contribution in [2.24, 2.45) is 0 Å². The predicted molar refractivity (Wildman–Crippen MR) is 92.4 cm³/mol. The number of benzene rings is 2. The fraction of sp³-hybridized carbons (Fsp3) is 0.158. The van der Waals surface area contributed by atoms with Crippen LogP contribution in [-0.4, -0.2) is 15.5 Å². The lowest BCUT2D eigenvalue weighted by Gasteiger charge is -2.16. The summed E-state index contributed by atoms with van der Waals surface area (Å²) in [7, 11) is 0. The molecular formula is C19H16F3N3O. The first-order chi connectivity index (χ1) is 12.3. The van der Waals surface area contributed by atoms with Gasteiger partial charge < -0.3 is 9.88 Å². The molecule has 2 aromatic carbocycles. The number of carbonyl (C=O) groups excluding carboxylic acids is 1. The average Bonchev–Trinajstić information content (AvgIpc) is 3.01. The van der Waals surface area contributed by atoms with Gasteiger partial charge in [-0.1, -0.05) is 17.7 Å². The van der Waals surface area contributed by atoms with Crippen molar-refractivity contribution in [3.63, 3.8) is 0 Å². The molecule has 26 heavy (non-hydrogen) atoms. The Bertz CT molecular complexity index is 943.